The van der Waals surface area contributed by atoms with Crippen molar-refractivity contribution in [1.82, 2.24) is 4.90 Å². The van der Waals surface area contributed by atoms with Crippen molar-refractivity contribution in [3.8, 4) is 11.8 Å². The number of hydrogen-bond acceptors (Lipinski definition) is 1. The van der Waals surface area contributed by atoms with Gasteiger partial charge in [0, 0.05) is 5.92 Å². The van der Waals surface area contributed by atoms with Crippen molar-refractivity contribution < 1.29 is 0 Å². The van der Waals surface area contributed by atoms with Crippen LogP contribution in [0.3, 0.4) is 0 Å². The van der Waals surface area contributed by atoms with Crippen LogP contribution < -0.4 is 0 Å². The van der Waals surface area contributed by atoms with E-state index in [1.54, 1.807) is 0 Å². The Bertz CT molecular complexity index is 259. The van der Waals surface area contributed by atoms with Gasteiger partial charge in [0.05, 0.1) is 6.54 Å². The third-order valence-electron chi connectivity index (χ3n) is 4.48. The van der Waals surface area contributed by atoms with Gasteiger partial charge in [-0.25, -0.2) is 0 Å². The van der Waals surface area contributed by atoms with Crippen molar-refractivity contribution in [2.45, 2.75) is 58.3 Å². The van der Waals surface area contributed by atoms with Crippen molar-refractivity contribution in [1.29, 1.82) is 0 Å². The van der Waals surface area contributed by atoms with E-state index in [0.717, 1.165) is 12.5 Å². The molecule has 0 bridgehead atoms. The number of rotatable bonds is 2. The molecule has 96 valence electrons. The highest BCUT2D eigenvalue weighted by molar-refractivity contribution is 5.06. The second-order valence-corrected chi connectivity index (χ2v) is 5.78. The van der Waals surface area contributed by atoms with Crippen molar-refractivity contribution in [2.75, 3.05) is 19.6 Å². The minimum Gasteiger partial charge on any atom is -0.292 e. The molecule has 0 N–H and O–H groups in total. The van der Waals surface area contributed by atoms with Gasteiger partial charge in [0.25, 0.3) is 0 Å². The summed E-state index contributed by atoms with van der Waals surface area (Å²) < 4.78 is 0. The summed E-state index contributed by atoms with van der Waals surface area (Å²) in [6, 6.07) is 0. The normalized spacial score (nSPS) is 30.6. The van der Waals surface area contributed by atoms with Crippen LogP contribution in [0.2, 0.25) is 0 Å². The quantitative estimate of drug-likeness (QED) is 0.657. The lowest BCUT2D eigenvalue weighted by Gasteiger charge is -2.25. The predicted octanol–water partition coefficient (Wildman–Crippen LogP) is 3.69. The zero-order valence-corrected chi connectivity index (χ0v) is 11.4. The van der Waals surface area contributed by atoms with Gasteiger partial charge in [0.2, 0.25) is 0 Å². The zero-order valence-electron chi connectivity index (χ0n) is 11.4. The molecule has 0 atom stereocenters. The first-order valence-corrected chi connectivity index (χ1v) is 7.59. The Morgan fingerprint density at radius 2 is 1.71 bits per heavy atom. The van der Waals surface area contributed by atoms with E-state index in [0.29, 0.717) is 5.92 Å². The van der Waals surface area contributed by atoms with Gasteiger partial charge in [-0.3, -0.25) is 4.90 Å². The summed E-state index contributed by atoms with van der Waals surface area (Å²) in [6.45, 7) is 5.90. The van der Waals surface area contributed by atoms with E-state index < -0.39 is 0 Å². The van der Waals surface area contributed by atoms with Crippen molar-refractivity contribution in [3.63, 3.8) is 0 Å². The van der Waals surface area contributed by atoms with Gasteiger partial charge in [-0.2, -0.15) is 0 Å². The van der Waals surface area contributed by atoms with Crippen LogP contribution >= 0.6 is 0 Å². The Balaban J connectivity index is 1.67. The average molecular weight is 233 g/mol. The van der Waals surface area contributed by atoms with Crippen molar-refractivity contribution in [3.05, 3.63) is 0 Å². The highest BCUT2D eigenvalue weighted by atomic mass is 15.1. The van der Waals surface area contributed by atoms with Crippen LogP contribution in [-0.2, 0) is 0 Å². The van der Waals surface area contributed by atoms with Crippen LogP contribution in [0.4, 0.5) is 0 Å². The molecule has 1 aliphatic carbocycles. The zero-order chi connectivity index (χ0) is 11.9. The third-order valence-corrected chi connectivity index (χ3v) is 4.48. The number of nitrogens with zero attached hydrogens (tertiary/aromatic N) is 1. The summed E-state index contributed by atoms with van der Waals surface area (Å²) in [4.78, 5) is 2.52. The molecule has 1 aliphatic heterocycles. The molecule has 0 spiro atoms. The molecule has 1 heterocycles. The predicted molar refractivity (Wildman–Crippen MR) is 73.8 cm³/mol. The van der Waals surface area contributed by atoms with E-state index in [1.165, 1.54) is 64.5 Å². The summed E-state index contributed by atoms with van der Waals surface area (Å²) in [5.41, 5.74) is 0. The minimum atomic E-state index is 0.711. The molecule has 0 aromatic rings. The van der Waals surface area contributed by atoms with Gasteiger partial charge in [0.1, 0.15) is 0 Å². The van der Waals surface area contributed by atoms with Crippen LogP contribution in [0.5, 0.6) is 0 Å². The van der Waals surface area contributed by atoms with Crippen LogP contribution in [0.15, 0.2) is 0 Å². The lowest BCUT2D eigenvalue weighted by Crippen LogP contribution is -2.30. The topological polar surface area (TPSA) is 3.24 Å². The maximum absolute atomic E-state index is 3.52. The molecule has 2 rings (SSSR count). The summed E-state index contributed by atoms with van der Waals surface area (Å²) in [5.74, 6) is 8.66. The molecule has 0 aromatic carbocycles. The average Bonchev–Trinajstić information content (AvgIpc) is 2.41. The van der Waals surface area contributed by atoms with E-state index in [2.05, 4.69) is 23.7 Å². The van der Waals surface area contributed by atoms with Gasteiger partial charge in [-0.15, -0.1) is 0 Å². The van der Waals surface area contributed by atoms with Crippen LogP contribution in [0, 0.1) is 23.7 Å². The molecular weight excluding hydrogens is 206 g/mol. The minimum absolute atomic E-state index is 0.711. The molecular formula is C16H27N. The highest BCUT2D eigenvalue weighted by Gasteiger charge is 2.18. The van der Waals surface area contributed by atoms with Crippen LogP contribution in [-0.4, -0.2) is 24.5 Å². The molecule has 0 radical (unpaired) electrons. The fraction of sp³-hybridized carbons (Fsp3) is 0.875. The van der Waals surface area contributed by atoms with Gasteiger partial charge >= 0.3 is 0 Å². The Hall–Kier alpha value is -0.480. The first kappa shape index (κ1) is 13.0. The lowest BCUT2D eigenvalue weighted by molar-refractivity contribution is 0.254. The van der Waals surface area contributed by atoms with Gasteiger partial charge in [-0.1, -0.05) is 31.6 Å². The largest absolute Gasteiger partial charge is 0.292 e. The second kappa shape index (κ2) is 7.07. The summed E-state index contributed by atoms with van der Waals surface area (Å²) in [5, 5.41) is 0. The lowest BCUT2D eigenvalue weighted by atomic mass is 9.81. The summed E-state index contributed by atoms with van der Waals surface area (Å²) in [7, 11) is 0. The van der Waals surface area contributed by atoms with Crippen molar-refractivity contribution >= 4 is 0 Å². The second-order valence-electron chi connectivity index (χ2n) is 5.78. The van der Waals surface area contributed by atoms with Gasteiger partial charge in [0.15, 0.2) is 0 Å². The van der Waals surface area contributed by atoms with Crippen molar-refractivity contribution in [2.24, 2.45) is 11.8 Å². The van der Waals surface area contributed by atoms with E-state index in [1.807, 2.05) is 0 Å². The molecule has 1 saturated heterocycles. The number of likely N-dealkylation sites (tertiary alicyclic amines) is 1. The Morgan fingerprint density at radius 1 is 1.00 bits per heavy atom. The number of piperidine rings is 1. The summed E-state index contributed by atoms with van der Waals surface area (Å²) in [6.07, 6.45) is 11.1. The first-order valence-electron chi connectivity index (χ1n) is 7.59. The molecule has 17 heavy (non-hydrogen) atoms. The van der Waals surface area contributed by atoms with E-state index in [-0.39, 0.29) is 0 Å². The molecule has 0 unspecified atom stereocenters. The maximum atomic E-state index is 3.52. The monoisotopic (exact) mass is 233 g/mol. The standard InChI is InChI=1S/C16H27N/c1-2-15-8-10-16(11-9-15)7-6-14-17-12-4-3-5-13-17/h15-16H,2-5,8-14H2,1H3. The highest BCUT2D eigenvalue weighted by Crippen LogP contribution is 2.29. The molecule has 2 fully saturated rings. The molecule has 1 saturated carbocycles. The fourth-order valence-electron chi connectivity index (χ4n) is 3.13. The van der Waals surface area contributed by atoms with E-state index >= 15 is 0 Å². The van der Waals surface area contributed by atoms with Gasteiger partial charge in [-0.05, 0) is 57.5 Å². The van der Waals surface area contributed by atoms with E-state index in [9.17, 15) is 0 Å². The molecule has 1 heteroatoms. The SMILES string of the molecule is CCC1CCC(C#CCN2CCCCC2)CC1. The van der Waals surface area contributed by atoms with E-state index in [4.69, 9.17) is 0 Å². The molecule has 0 amide bonds. The Morgan fingerprint density at radius 3 is 2.35 bits per heavy atom. The Kier molecular flexibility index (Phi) is 5.39. The summed E-state index contributed by atoms with van der Waals surface area (Å²) >= 11 is 0. The molecule has 0 aromatic heterocycles. The van der Waals surface area contributed by atoms with Crippen LogP contribution in [0.1, 0.15) is 58.3 Å². The third kappa shape index (κ3) is 4.36. The Labute approximate surface area is 107 Å². The fourth-order valence-corrected chi connectivity index (χ4v) is 3.13. The van der Waals surface area contributed by atoms with Gasteiger partial charge < -0.3 is 0 Å². The smallest absolute Gasteiger partial charge is 0.0601 e. The molecule has 2 aliphatic rings. The number of hydrogen-bond donors (Lipinski definition) is 0. The maximum Gasteiger partial charge on any atom is 0.0601 e. The molecule has 1 nitrogen and oxygen atoms in total. The first-order chi connectivity index (χ1) is 8.38. The van der Waals surface area contributed by atoms with Crippen LogP contribution in [0.25, 0.3) is 0 Å².